The molecule has 1 aromatic rings. The summed E-state index contributed by atoms with van der Waals surface area (Å²) < 4.78 is 4.60. The number of esters is 1. The fourth-order valence-electron chi connectivity index (χ4n) is 1.95. The Hall–Kier alpha value is -1.88. The van der Waals surface area contributed by atoms with Gasteiger partial charge in [0.1, 0.15) is 6.54 Å². The second kappa shape index (κ2) is 8.32. The number of nitrogens with two attached hydrogens (primary N) is 1. The van der Waals surface area contributed by atoms with Crippen molar-refractivity contribution in [1.82, 2.24) is 4.90 Å². The van der Waals surface area contributed by atoms with Gasteiger partial charge in [0.25, 0.3) is 0 Å². The Kier molecular flexibility index (Phi) is 6.73. The van der Waals surface area contributed by atoms with Crippen LogP contribution in [-0.4, -0.2) is 43.0 Å². The van der Waals surface area contributed by atoms with Crippen molar-refractivity contribution in [3.8, 4) is 0 Å². The van der Waals surface area contributed by atoms with Crippen LogP contribution in [0.5, 0.6) is 0 Å². The van der Waals surface area contributed by atoms with Crippen molar-refractivity contribution < 1.29 is 14.3 Å². The summed E-state index contributed by atoms with van der Waals surface area (Å²) in [5.41, 5.74) is 6.96. The summed E-state index contributed by atoms with van der Waals surface area (Å²) in [6.07, 6.45) is 1.22. The van der Waals surface area contributed by atoms with Crippen molar-refractivity contribution in [2.24, 2.45) is 5.73 Å². The molecule has 1 atom stereocenters. The zero-order valence-corrected chi connectivity index (χ0v) is 12.0. The van der Waals surface area contributed by atoms with Crippen LogP contribution < -0.4 is 5.73 Å². The summed E-state index contributed by atoms with van der Waals surface area (Å²) >= 11 is 0. The Morgan fingerprint density at radius 3 is 2.50 bits per heavy atom. The van der Waals surface area contributed by atoms with Gasteiger partial charge in [0, 0.05) is 6.54 Å². The first-order chi connectivity index (χ1) is 9.58. The van der Waals surface area contributed by atoms with Gasteiger partial charge in [0.05, 0.1) is 13.2 Å². The van der Waals surface area contributed by atoms with Crippen molar-refractivity contribution in [3.05, 3.63) is 35.9 Å². The molecule has 0 fully saturated rings. The zero-order chi connectivity index (χ0) is 15.0. The molecule has 0 aromatic heterocycles. The van der Waals surface area contributed by atoms with E-state index < -0.39 is 12.0 Å². The lowest BCUT2D eigenvalue weighted by Crippen LogP contribution is -2.47. The molecular formula is C15H22N2O3. The third kappa shape index (κ3) is 5.01. The average molecular weight is 278 g/mol. The third-order valence-electron chi connectivity index (χ3n) is 2.97. The van der Waals surface area contributed by atoms with Crippen LogP contribution >= 0.6 is 0 Å². The molecule has 0 spiro atoms. The fourth-order valence-corrected chi connectivity index (χ4v) is 1.95. The van der Waals surface area contributed by atoms with E-state index >= 15 is 0 Å². The third-order valence-corrected chi connectivity index (χ3v) is 2.97. The number of carbonyl (C=O) groups excluding carboxylic acids is 2. The van der Waals surface area contributed by atoms with Gasteiger partial charge >= 0.3 is 5.97 Å². The molecular weight excluding hydrogens is 256 g/mol. The summed E-state index contributed by atoms with van der Waals surface area (Å²) in [5, 5.41) is 0. The van der Waals surface area contributed by atoms with Crippen LogP contribution in [0.1, 0.15) is 18.9 Å². The van der Waals surface area contributed by atoms with Crippen molar-refractivity contribution >= 4 is 11.9 Å². The number of carbonyl (C=O) groups is 2. The van der Waals surface area contributed by atoms with E-state index in [2.05, 4.69) is 4.74 Å². The van der Waals surface area contributed by atoms with Crippen LogP contribution in [0.15, 0.2) is 30.3 Å². The monoisotopic (exact) mass is 278 g/mol. The van der Waals surface area contributed by atoms with E-state index in [-0.39, 0.29) is 12.5 Å². The molecule has 0 aliphatic heterocycles. The Bertz CT molecular complexity index is 434. The van der Waals surface area contributed by atoms with E-state index in [1.807, 2.05) is 37.3 Å². The molecule has 2 N–H and O–H groups in total. The summed E-state index contributed by atoms with van der Waals surface area (Å²) in [6, 6.07) is 8.94. The molecule has 0 aliphatic carbocycles. The van der Waals surface area contributed by atoms with Crippen molar-refractivity contribution in [2.75, 3.05) is 20.2 Å². The molecule has 1 rings (SSSR count). The van der Waals surface area contributed by atoms with Gasteiger partial charge < -0.3 is 15.4 Å². The Morgan fingerprint density at radius 1 is 1.30 bits per heavy atom. The lowest BCUT2D eigenvalue weighted by Gasteiger charge is -2.24. The predicted octanol–water partition coefficient (Wildman–Crippen LogP) is 0.968. The van der Waals surface area contributed by atoms with Crippen LogP contribution in [0.4, 0.5) is 0 Å². The van der Waals surface area contributed by atoms with Gasteiger partial charge in [-0.1, -0.05) is 37.3 Å². The van der Waals surface area contributed by atoms with Gasteiger partial charge in [-0.25, -0.2) is 0 Å². The molecule has 0 radical (unpaired) electrons. The molecule has 0 saturated carbocycles. The first kappa shape index (κ1) is 16.2. The molecule has 0 unspecified atom stereocenters. The van der Waals surface area contributed by atoms with Gasteiger partial charge in [-0.15, -0.1) is 0 Å². The fraction of sp³-hybridized carbons (Fsp3) is 0.467. The number of hydrogen-bond acceptors (Lipinski definition) is 4. The first-order valence-electron chi connectivity index (χ1n) is 6.73. The van der Waals surface area contributed by atoms with E-state index in [0.29, 0.717) is 13.0 Å². The minimum absolute atomic E-state index is 0.0499. The highest BCUT2D eigenvalue weighted by atomic mass is 16.5. The number of methoxy groups -OCH3 is 1. The highest BCUT2D eigenvalue weighted by molar-refractivity contribution is 5.85. The Labute approximate surface area is 119 Å². The Balaban J connectivity index is 2.65. The van der Waals surface area contributed by atoms with Crippen LogP contribution in [0, 0.1) is 0 Å². The molecule has 0 heterocycles. The zero-order valence-electron chi connectivity index (χ0n) is 12.0. The lowest BCUT2D eigenvalue weighted by molar-refractivity contribution is -0.147. The average Bonchev–Trinajstić information content (AvgIpc) is 2.46. The number of amides is 1. The molecule has 5 nitrogen and oxygen atoms in total. The molecule has 0 saturated heterocycles. The van der Waals surface area contributed by atoms with E-state index in [4.69, 9.17) is 5.73 Å². The van der Waals surface area contributed by atoms with Gasteiger partial charge in [-0.05, 0) is 18.4 Å². The standard InChI is InChI=1S/C15H22N2O3/c1-3-9-17(11-14(18)20-2)15(19)13(16)10-12-7-5-4-6-8-12/h4-8,13H,3,9-11,16H2,1-2H3/t13-/m0/s1. The highest BCUT2D eigenvalue weighted by Gasteiger charge is 2.22. The molecule has 5 heteroatoms. The van der Waals surface area contributed by atoms with Crippen molar-refractivity contribution in [2.45, 2.75) is 25.8 Å². The number of hydrogen-bond donors (Lipinski definition) is 1. The molecule has 1 aromatic carbocycles. The van der Waals surface area contributed by atoms with Crippen LogP contribution in [0.3, 0.4) is 0 Å². The van der Waals surface area contributed by atoms with E-state index in [1.165, 1.54) is 12.0 Å². The second-order valence-electron chi connectivity index (χ2n) is 4.63. The minimum atomic E-state index is -0.645. The van der Waals surface area contributed by atoms with E-state index in [0.717, 1.165) is 12.0 Å². The molecule has 20 heavy (non-hydrogen) atoms. The largest absolute Gasteiger partial charge is 0.468 e. The second-order valence-corrected chi connectivity index (χ2v) is 4.63. The first-order valence-corrected chi connectivity index (χ1v) is 6.73. The number of nitrogens with zero attached hydrogens (tertiary/aromatic N) is 1. The predicted molar refractivity (Wildman–Crippen MR) is 77.0 cm³/mol. The number of ether oxygens (including phenoxy) is 1. The van der Waals surface area contributed by atoms with Gasteiger partial charge in [-0.2, -0.15) is 0 Å². The maximum absolute atomic E-state index is 12.3. The van der Waals surface area contributed by atoms with Crippen molar-refractivity contribution in [3.63, 3.8) is 0 Å². The van der Waals surface area contributed by atoms with E-state index in [1.54, 1.807) is 0 Å². The maximum Gasteiger partial charge on any atom is 0.325 e. The van der Waals surface area contributed by atoms with Crippen LogP contribution in [0.2, 0.25) is 0 Å². The normalized spacial score (nSPS) is 11.8. The van der Waals surface area contributed by atoms with Gasteiger partial charge in [0.15, 0.2) is 0 Å². The molecule has 0 aliphatic rings. The summed E-state index contributed by atoms with van der Waals surface area (Å²) in [4.78, 5) is 25.1. The SMILES string of the molecule is CCCN(CC(=O)OC)C(=O)[C@@H](N)Cc1ccccc1. The molecule has 0 bridgehead atoms. The molecule has 1 amide bonds. The van der Waals surface area contributed by atoms with Crippen LogP contribution in [-0.2, 0) is 20.7 Å². The summed E-state index contributed by atoms with van der Waals surface area (Å²) in [6.45, 7) is 2.39. The van der Waals surface area contributed by atoms with E-state index in [9.17, 15) is 9.59 Å². The summed E-state index contributed by atoms with van der Waals surface area (Å²) in [7, 11) is 1.31. The van der Waals surface area contributed by atoms with Crippen molar-refractivity contribution in [1.29, 1.82) is 0 Å². The maximum atomic E-state index is 12.3. The topological polar surface area (TPSA) is 72.6 Å². The number of benzene rings is 1. The van der Waals surface area contributed by atoms with Gasteiger partial charge in [-0.3, -0.25) is 9.59 Å². The quantitative estimate of drug-likeness (QED) is 0.754. The smallest absolute Gasteiger partial charge is 0.325 e. The number of rotatable bonds is 7. The van der Waals surface area contributed by atoms with Crippen LogP contribution in [0.25, 0.3) is 0 Å². The minimum Gasteiger partial charge on any atom is -0.468 e. The highest BCUT2D eigenvalue weighted by Crippen LogP contribution is 2.05. The summed E-state index contributed by atoms with van der Waals surface area (Å²) in [5.74, 6) is -0.653. The lowest BCUT2D eigenvalue weighted by atomic mass is 10.1. The van der Waals surface area contributed by atoms with Gasteiger partial charge in [0.2, 0.25) is 5.91 Å². The molecule has 110 valence electrons. The Morgan fingerprint density at radius 2 is 1.95 bits per heavy atom.